The predicted molar refractivity (Wildman–Crippen MR) is 72.7 cm³/mol. The summed E-state index contributed by atoms with van der Waals surface area (Å²) in [6.07, 6.45) is 1.57. The summed E-state index contributed by atoms with van der Waals surface area (Å²) in [5.41, 5.74) is 6.84. The zero-order valence-electron chi connectivity index (χ0n) is 10.6. The molecule has 0 spiro atoms. The van der Waals surface area contributed by atoms with Crippen LogP contribution in [0.5, 0.6) is 0 Å². The van der Waals surface area contributed by atoms with Gasteiger partial charge >= 0.3 is 0 Å². The molecule has 0 saturated heterocycles. The zero-order chi connectivity index (χ0) is 14.2. The molecule has 0 aliphatic heterocycles. The third-order valence-corrected chi connectivity index (χ3v) is 3.67. The lowest BCUT2D eigenvalue weighted by Gasteiger charge is -2.17. The Labute approximate surface area is 118 Å². The molecule has 0 bridgehead atoms. The first-order valence-electron chi connectivity index (χ1n) is 5.88. The van der Waals surface area contributed by atoms with Crippen LogP contribution in [0, 0.1) is 18.6 Å². The summed E-state index contributed by atoms with van der Waals surface area (Å²) in [7, 11) is 0. The number of hydrogen-bond acceptors (Lipinski definition) is 2. The molecular formula is C13H14BrF2N3. The molecule has 2 aromatic rings. The fraction of sp³-hybridized carbons (Fsp3) is 0.308. The van der Waals surface area contributed by atoms with Gasteiger partial charge in [-0.2, -0.15) is 5.10 Å². The van der Waals surface area contributed by atoms with Crippen LogP contribution < -0.4 is 5.73 Å². The van der Waals surface area contributed by atoms with E-state index in [9.17, 15) is 8.78 Å². The summed E-state index contributed by atoms with van der Waals surface area (Å²) in [5.74, 6) is -1.25. The van der Waals surface area contributed by atoms with Crippen LogP contribution in [0.1, 0.15) is 29.8 Å². The number of nitrogens with two attached hydrogens (primary N) is 1. The predicted octanol–water partition coefficient (Wildman–Crippen LogP) is 3.30. The Balaban J connectivity index is 2.59. The summed E-state index contributed by atoms with van der Waals surface area (Å²) in [6.45, 7) is 4.04. The molecule has 0 aliphatic rings. The molecule has 0 aliphatic carbocycles. The average molecular weight is 330 g/mol. The minimum atomic E-state index is -0.906. The molecule has 0 saturated carbocycles. The molecule has 1 aromatic heterocycles. The maximum Gasteiger partial charge on any atom is 0.134 e. The van der Waals surface area contributed by atoms with E-state index >= 15 is 0 Å². The van der Waals surface area contributed by atoms with Crippen molar-refractivity contribution in [3.8, 4) is 0 Å². The first-order valence-corrected chi connectivity index (χ1v) is 6.68. The van der Waals surface area contributed by atoms with Crippen LogP contribution in [-0.2, 0) is 6.54 Å². The van der Waals surface area contributed by atoms with E-state index in [0.717, 1.165) is 0 Å². The molecule has 1 unspecified atom stereocenters. The topological polar surface area (TPSA) is 43.8 Å². The zero-order valence-corrected chi connectivity index (χ0v) is 12.2. The first-order chi connectivity index (χ1) is 8.97. The standard InChI is InChI=1S/C13H14BrF2N3/c1-3-19-13(8(14)6-18-19)12(17)10-9(15)5-4-7(2)11(10)16/h4-6,12H,3,17H2,1-2H3. The molecule has 0 radical (unpaired) electrons. The number of aryl methyl sites for hydroxylation is 2. The van der Waals surface area contributed by atoms with Gasteiger partial charge in [-0.3, -0.25) is 4.68 Å². The van der Waals surface area contributed by atoms with E-state index in [2.05, 4.69) is 21.0 Å². The van der Waals surface area contributed by atoms with Crippen LogP contribution in [0.3, 0.4) is 0 Å². The van der Waals surface area contributed by atoms with E-state index in [-0.39, 0.29) is 5.56 Å². The molecule has 102 valence electrons. The van der Waals surface area contributed by atoms with Crippen LogP contribution in [0.4, 0.5) is 8.78 Å². The SMILES string of the molecule is CCn1ncc(Br)c1C(N)c1c(F)ccc(C)c1F. The molecule has 1 atom stereocenters. The van der Waals surface area contributed by atoms with Crippen LogP contribution in [0.15, 0.2) is 22.8 Å². The van der Waals surface area contributed by atoms with Gasteiger partial charge in [-0.1, -0.05) is 6.07 Å². The van der Waals surface area contributed by atoms with E-state index < -0.39 is 17.7 Å². The third kappa shape index (κ3) is 2.42. The van der Waals surface area contributed by atoms with Gasteiger partial charge < -0.3 is 5.73 Å². The number of hydrogen-bond donors (Lipinski definition) is 1. The fourth-order valence-corrected chi connectivity index (χ4v) is 2.58. The van der Waals surface area contributed by atoms with Crippen LogP contribution in [0.25, 0.3) is 0 Å². The van der Waals surface area contributed by atoms with Crippen molar-refractivity contribution >= 4 is 15.9 Å². The van der Waals surface area contributed by atoms with Crippen LogP contribution in [-0.4, -0.2) is 9.78 Å². The summed E-state index contributed by atoms with van der Waals surface area (Å²) in [4.78, 5) is 0. The molecule has 0 amide bonds. The number of benzene rings is 1. The van der Waals surface area contributed by atoms with Crippen molar-refractivity contribution in [1.29, 1.82) is 0 Å². The van der Waals surface area contributed by atoms with Gasteiger partial charge in [0.1, 0.15) is 11.6 Å². The van der Waals surface area contributed by atoms with Gasteiger partial charge in [0.25, 0.3) is 0 Å². The number of halogens is 3. The maximum atomic E-state index is 14.1. The lowest BCUT2D eigenvalue weighted by molar-refractivity contribution is 0.520. The molecule has 2 N–H and O–H groups in total. The summed E-state index contributed by atoms with van der Waals surface area (Å²) < 4.78 is 30.2. The second-order valence-electron chi connectivity index (χ2n) is 4.26. The van der Waals surface area contributed by atoms with E-state index in [1.165, 1.54) is 12.1 Å². The summed E-state index contributed by atoms with van der Waals surface area (Å²) in [5, 5.41) is 4.11. The molecule has 2 rings (SSSR count). The van der Waals surface area contributed by atoms with Gasteiger partial charge in [0.2, 0.25) is 0 Å². The Morgan fingerprint density at radius 3 is 2.74 bits per heavy atom. The van der Waals surface area contributed by atoms with Gasteiger partial charge in [-0.15, -0.1) is 0 Å². The first kappa shape index (κ1) is 14.1. The monoisotopic (exact) mass is 329 g/mol. The third-order valence-electron chi connectivity index (χ3n) is 3.06. The van der Waals surface area contributed by atoms with Gasteiger partial charge in [-0.05, 0) is 41.4 Å². The van der Waals surface area contributed by atoms with Gasteiger partial charge in [0.15, 0.2) is 0 Å². The minimum Gasteiger partial charge on any atom is -0.319 e. The van der Waals surface area contributed by atoms with E-state index in [1.54, 1.807) is 17.8 Å². The van der Waals surface area contributed by atoms with Crippen LogP contribution >= 0.6 is 15.9 Å². The molecule has 6 heteroatoms. The second-order valence-corrected chi connectivity index (χ2v) is 5.12. The van der Waals surface area contributed by atoms with Crippen molar-refractivity contribution < 1.29 is 8.78 Å². The highest BCUT2D eigenvalue weighted by molar-refractivity contribution is 9.10. The molecule has 1 heterocycles. The van der Waals surface area contributed by atoms with Gasteiger partial charge in [-0.25, -0.2) is 8.78 Å². The van der Waals surface area contributed by atoms with Crippen molar-refractivity contribution in [3.05, 3.63) is 51.3 Å². The van der Waals surface area contributed by atoms with Crippen molar-refractivity contribution in [2.75, 3.05) is 0 Å². The lowest BCUT2D eigenvalue weighted by atomic mass is 10.0. The Bertz CT molecular complexity index is 610. The Morgan fingerprint density at radius 2 is 2.11 bits per heavy atom. The molecule has 0 fully saturated rings. The van der Waals surface area contributed by atoms with Crippen LogP contribution in [0.2, 0.25) is 0 Å². The summed E-state index contributed by atoms with van der Waals surface area (Å²) >= 11 is 3.32. The smallest absolute Gasteiger partial charge is 0.134 e. The Morgan fingerprint density at radius 1 is 1.42 bits per heavy atom. The van der Waals surface area contributed by atoms with Crippen molar-refractivity contribution in [1.82, 2.24) is 9.78 Å². The normalized spacial score (nSPS) is 12.7. The lowest BCUT2D eigenvalue weighted by Crippen LogP contribution is -2.20. The average Bonchev–Trinajstić information content (AvgIpc) is 2.75. The largest absolute Gasteiger partial charge is 0.319 e. The molecular weight excluding hydrogens is 316 g/mol. The minimum absolute atomic E-state index is 0.129. The highest BCUT2D eigenvalue weighted by Crippen LogP contribution is 2.30. The highest BCUT2D eigenvalue weighted by Gasteiger charge is 2.24. The number of rotatable bonds is 3. The molecule has 19 heavy (non-hydrogen) atoms. The number of aromatic nitrogens is 2. The van der Waals surface area contributed by atoms with Crippen molar-refractivity contribution in [3.63, 3.8) is 0 Å². The van der Waals surface area contributed by atoms with Crippen molar-refractivity contribution in [2.24, 2.45) is 5.73 Å². The fourth-order valence-electron chi connectivity index (χ4n) is 2.03. The Hall–Kier alpha value is -1.27. The Kier molecular flexibility index (Phi) is 4.01. The van der Waals surface area contributed by atoms with Gasteiger partial charge in [0.05, 0.1) is 22.4 Å². The van der Waals surface area contributed by atoms with Gasteiger partial charge in [0, 0.05) is 12.1 Å². The maximum absolute atomic E-state index is 14.1. The van der Waals surface area contributed by atoms with E-state index in [0.29, 0.717) is 22.3 Å². The van der Waals surface area contributed by atoms with Crippen molar-refractivity contribution in [2.45, 2.75) is 26.4 Å². The quantitative estimate of drug-likeness (QED) is 0.938. The number of nitrogens with zero attached hydrogens (tertiary/aromatic N) is 2. The molecule has 3 nitrogen and oxygen atoms in total. The second kappa shape index (κ2) is 5.38. The summed E-state index contributed by atoms with van der Waals surface area (Å²) in [6, 6.07) is 1.72. The molecule has 1 aromatic carbocycles. The van der Waals surface area contributed by atoms with E-state index in [4.69, 9.17) is 5.73 Å². The highest BCUT2D eigenvalue weighted by atomic mass is 79.9. The van der Waals surface area contributed by atoms with E-state index in [1.807, 2.05) is 6.92 Å².